The first-order chi connectivity index (χ1) is 9.81. The van der Waals surface area contributed by atoms with Gasteiger partial charge >= 0.3 is 0 Å². The molecule has 0 aromatic heterocycles. The highest BCUT2D eigenvalue weighted by Crippen LogP contribution is 2.18. The Bertz CT molecular complexity index is 573. The molecule has 0 spiro atoms. The average Bonchev–Trinajstić information content (AvgIpc) is 3.27. The highest BCUT2D eigenvalue weighted by molar-refractivity contribution is 5.83. The maximum absolute atomic E-state index is 3.52. The van der Waals surface area contributed by atoms with Gasteiger partial charge in [-0.25, -0.2) is 0 Å². The summed E-state index contributed by atoms with van der Waals surface area (Å²) < 4.78 is 0. The third kappa shape index (κ3) is 3.81. The molecule has 0 amide bonds. The summed E-state index contributed by atoms with van der Waals surface area (Å²) in [5, 5.41) is 9.73. The van der Waals surface area contributed by atoms with Crippen molar-refractivity contribution in [3.63, 3.8) is 0 Å². The molecule has 2 nitrogen and oxygen atoms in total. The Hall–Kier alpha value is -1.38. The zero-order valence-corrected chi connectivity index (χ0v) is 12.3. The molecule has 0 saturated heterocycles. The molecule has 0 bridgehead atoms. The maximum atomic E-state index is 3.52. The van der Waals surface area contributed by atoms with E-state index in [0.717, 1.165) is 32.1 Å². The number of nitrogens with one attached hydrogen (secondary N) is 2. The molecule has 3 rings (SSSR count). The van der Waals surface area contributed by atoms with Crippen LogP contribution in [0.2, 0.25) is 0 Å². The van der Waals surface area contributed by atoms with Crippen molar-refractivity contribution in [1.29, 1.82) is 0 Å². The molecule has 1 saturated carbocycles. The van der Waals surface area contributed by atoms with Crippen LogP contribution in [-0.4, -0.2) is 25.7 Å². The standard InChI is InChI=1S/C18H24N2/c1-14-2-4-17-13-15(3-5-16(17)12-14)8-9-19-10-11-20-18-6-7-18/h2-5,12-13,18-20H,6-11H2,1H3. The van der Waals surface area contributed by atoms with Crippen molar-refractivity contribution in [1.82, 2.24) is 10.6 Å². The molecular weight excluding hydrogens is 244 g/mol. The van der Waals surface area contributed by atoms with Crippen molar-refractivity contribution >= 4 is 10.8 Å². The van der Waals surface area contributed by atoms with Crippen LogP contribution in [0.25, 0.3) is 10.8 Å². The predicted molar refractivity (Wildman–Crippen MR) is 86.3 cm³/mol. The van der Waals surface area contributed by atoms with Crippen molar-refractivity contribution in [2.75, 3.05) is 19.6 Å². The van der Waals surface area contributed by atoms with E-state index >= 15 is 0 Å². The fourth-order valence-corrected chi connectivity index (χ4v) is 2.58. The number of fused-ring (bicyclic) bond motifs is 1. The minimum atomic E-state index is 0.820. The van der Waals surface area contributed by atoms with Crippen molar-refractivity contribution in [3.8, 4) is 0 Å². The average molecular weight is 268 g/mol. The summed E-state index contributed by atoms with van der Waals surface area (Å²) in [5.74, 6) is 0. The Morgan fingerprint density at radius 3 is 2.60 bits per heavy atom. The van der Waals surface area contributed by atoms with E-state index in [4.69, 9.17) is 0 Å². The zero-order valence-electron chi connectivity index (χ0n) is 12.3. The number of hydrogen-bond donors (Lipinski definition) is 2. The maximum Gasteiger partial charge on any atom is 0.00793 e. The number of aryl methyl sites for hydroxylation is 1. The molecule has 1 aliphatic carbocycles. The molecular formula is C18H24N2. The Labute approximate surface area is 121 Å². The molecule has 0 aliphatic heterocycles. The van der Waals surface area contributed by atoms with Gasteiger partial charge in [0.15, 0.2) is 0 Å². The van der Waals surface area contributed by atoms with Gasteiger partial charge in [-0.2, -0.15) is 0 Å². The fraction of sp³-hybridized carbons (Fsp3) is 0.444. The second-order valence-corrected chi connectivity index (χ2v) is 5.91. The van der Waals surface area contributed by atoms with E-state index in [1.165, 1.54) is 34.7 Å². The normalized spacial score (nSPS) is 14.8. The van der Waals surface area contributed by atoms with Crippen LogP contribution >= 0.6 is 0 Å². The third-order valence-electron chi connectivity index (χ3n) is 3.96. The minimum Gasteiger partial charge on any atom is -0.315 e. The summed E-state index contributed by atoms with van der Waals surface area (Å²) in [4.78, 5) is 0. The Morgan fingerprint density at radius 2 is 1.75 bits per heavy atom. The SMILES string of the molecule is Cc1ccc2cc(CCNCCNC3CC3)ccc2c1. The summed E-state index contributed by atoms with van der Waals surface area (Å²) in [5.41, 5.74) is 2.75. The first-order valence-electron chi connectivity index (χ1n) is 7.75. The van der Waals surface area contributed by atoms with Gasteiger partial charge in [-0.3, -0.25) is 0 Å². The van der Waals surface area contributed by atoms with Gasteiger partial charge in [0, 0.05) is 19.1 Å². The van der Waals surface area contributed by atoms with Gasteiger partial charge in [0.25, 0.3) is 0 Å². The van der Waals surface area contributed by atoms with E-state index in [2.05, 4.69) is 54.0 Å². The molecule has 2 aromatic rings. The van der Waals surface area contributed by atoms with Crippen LogP contribution in [0, 0.1) is 6.92 Å². The van der Waals surface area contributed by atoms with Crippen molar-refractivity contribution in [3.05, 3.63) is 47.5 Å². The van der Waals surface area contributed by atoms with Crippen molar-refractivity contribution in [2.45, 2.75) is 32.2 Å². The number of hydrogen-bond acceptors (Lipinski definition) is 2. The molecule has 0 radical (unpaired) electrons. The first kappa shape index (κ1) is 13.6. The monoisotopic (exact) mass is 268 g/mol. The van der Waals surface area contributed by atoms with Gasteiger partial charge in [-0.05, 0) is 49.1 Å². The lowest BCUT2D eigenvalue weighted by Gasteiger charge is -2.07. The molecule has 20 heavy (non-hydrogen) atoms. The van der Waals surface area contributed by atoms with Gasteiger partial charge in [0.05, 0.1) is 0 Å². The van der Waals surface area contributed by atoms with E-state index in [-0.39, 0.29) is 0 Å². The predicted octanol–water partition coefficient (Wildman–Crippen LogP) is 3.03. The quantitative estimate of drug-likeness (QED) is 0.754. The van der Waals surface area contributed by atoms with E-state index in [1.807, 2.05) is 0 Å². The number of benzene rings is 2. The van der Waals surface area contributed by atoms with Crippen LogP contribution in [-0.2, 0) is 6.42 Å². The largest absolute Gasteiger partial charge is 0.315 e. The van der Waals surface area contributed by atoms with Gasteiger partial charge in [0.1, 0.15) is 0 Å². The Balaban J connectivity index is 1.45. The highest BCUT2D eigenvalue weighted by Gasteiger charge is 2.19. The van der Waals surface area contributed by atoms with Gasteiger partial charge in [-0.15, -0.1) is 0 Å². The second-order valence-electron chi connectivity index (χ2n) is 5.91. The minimum absolute atomic E-state index is 0.820. The first-order valence-corrected chi connectivity index (χ1v) is 7.75. The fourth-order valence-electron chi connectivity index (χ4n) is 2.58. The molecule has 0 unspecified atom stereocenters. The Morgan fingerprint density at radius 1 is 0.950 bits per heavy atom. The topological polar surface area (TPSA) is 24.1 Å². The van der Waals surface area contributed by atoms with Crippen LogP contribution in [0.15, 0.2) is 36.4 Å². The smallest absolute Gasteiger partial charge is 0.00793 e. The van der Waals surface area contributed by atoms with Gasteiger partial charge in [0.2, 0.25) is 0 Å². The molecule has 2 N–H and O–H groups in total. The molecule has 2 aromatic carbocycles. The van der Waals surface area contributed by atoms with Crippen LogP contribution in [0.5, 0.6) is 0 Å². The van der Waals surface area contributed by atoms with Crippen LogP contribution in [0.3, 0.4) is 0 Å². The summed E-state index contributed by atoms with van der Waals surface area (Å²) in [6.45, 7) is 5.38. The Kier molecular flexibility index (Phi) is 4.34. The molecule has 2 heteroatoms. The lowest BCUT2D eigenvalue weighted by atomic mass is 10.0. The molecule has 0 atom stereocenters. The van der Waals surface area contributed by atoms with Gasteiger partial charge in [-0.1, -0.05) is 42.0 Å². The van der Waals surface area contributed by atoms with Crippen molar-refractivity contribution in [2.24, 2.45) is 0 Å². The molecule has 0 heterocycles. The second kappa shape index (κ2) is 6.38. The molecule has 106 valence electrons. The van der Waals surface area contributed by atoms with Crippen molar-refractivity contribution < 1.29 is 0 Å². The lowest BCUT2D eigenvalue weighted by Crippen LogP contribution is -2.29. The lowest BCUT2D eigenvalue weighted by molar-refractivity contribution is 0.609. The van der Waals surface area contributed by atoms with Gasteiger partial charge < -0.3 is 10.6 Å². The zero-order chi connectivity index (χ0) is 13.8. The van der Waals surface area contributed by atoms with E-state index in [1.54, 1.807) is 0 Å². The third-order valence-corrected chi connectivity index (χ3v) is 3.96. The molecule has 1 aliphatic rings. The van der Waals surface area contributed by atoms with Crippen LogP contribution in [0.1, 0.15) is 24.0 Å². The van der Waals surface area contributed by atoms with Crippen LogP contribution in [0.4, 0.5) is 0 Å². The summed E-state index contributed by atoms with van der Waals surface area (Å²) in [7, 11) is 0. The van der Waals surface area contributed by atoms with E-state index in [0.29, 0.717) is 0 Å². The van der Waals surface area contributed by atoms with E-state index in [9.17, 15) is 0 Å². The molecule has 1 fully saturated rings. The highest BCUT2D eigenvalue weighted by atomic mass is 15.0. The summed E-state index contributed by atoms with van der Waals surface area (Å²) in [6, 6.07) is 14.3. The van der Waals surface area contributed by atoms with E-state index < -0.39 is 0 Å². The number of rotatable bonds is 7. The summed E-state index contributed by atoms with van der Waals surface area (Å²) in [6.07, 6.45) is 3.85. The van der Waals surface area contributed by atoms with Crippen LogP contribution < -0.4 is 10.6 Å². The summed E-state index contributed by atoms with van der Waals surface area (Å²) >= 11 is 0.